The zero-order chi connectivity index (χ0) is 24.2. The number of rotatable bonds is 1. The summed E-state index contributed by atoms with van der Waals surface area (Å²) in [5, 5.41) is 21.5. The Balaban J connectivity index is 1.56. The van der Waals surface area contributed by atoms with Crippen molar-refractivity contribution in [3.05, 3.63) is 0 Å². The molecule has 5 fully saturated rings. The van der Waals surface area contributed by atoms with Gasteiger partial charge < -0.3 is 10.2 Å². The van der Waals surface area contributed by atoms with Crippen LogP contribution in [0.15, 0.2) is 0 Å². The number of hydrogen-bond acceptors (Lipinski definition) is 2. The van der Waals surface area contributed by atoms with Crippen LogP contribution in [-0.2, 0) is 4.79 Å². The largest absolute Gasteiger partial charge is 0.481 e. The van der Waals surface area contributed by atoms with Gasteiger partial charge in [-0.2, -0.15) is 0 Å². The lowest BCUT2D eigenvalue weighted by Crippen LogP contribution is -2.68. The number of carboxylic acids is 1. The molecule has 3 heteroatoms. The Kier molecular flexibility index (Phi) is 5.29. The van der Waals surface area contributed by atoms with Gasteiger partial charge in [-0.1, -0.05) is 48.5 Å². The summed E-state index contributed by atoms with van der Waals surface area (Å²) in [4.78, 5) is 12.8. The molecule has 0 aromatic carbocycles. The highest BCUT2D eigenvalue weighted by Crippen LogP contribution is 2.77. The van der Waals surface area contributed by atoms with Gasteiger partial charge in [0.2, 0.25) is 0 Å². The lowest BCUT2D eigenvalue weighted by molar-refractivity contribution is -0.258. The summed E-state index contributed by atoms with van der Waals surface area (Å²) in [7, 11) is 0. The molecule has 5 rings (SSSR count). The van der Waals surface area contributed by atoms with Crippen molar-refractivity contribution in [3.63, 3.8) is 0 Å². The Morgan fingerprint density at radius 2 is 1.45 bits per heavy atom. The predicted molar refractivity (Wildman–Crippen MR) is 133 cm³/mol. The smallest absolute Gasteiger partial charge is 0.309 e. The number of aliphatic hydroxyl groups is 1. The maximum absolute atomic E-state index is 12.8. The Morgan fingerprint density at radius 3 is 2.12 bits per heavy atom. The molecule has 0 aromatic heterocycles. The molecule has 2 unspecified atom stereocenters. The van der Waals surface area contributed by atoms with Crippen molar-refractivity contribution in [1.82, 2.24) is 0 Å². The molecule has 0 amide bonds. The molecule has 5 aliphatic carbocycles. The monoisotopic (exact) mass is 458 g/mol. The van der Waals surface area contributed by atoms with E-state index in [1.54, 1.807) is 0 Å². The fourth-order valence-corrected chi connectivity index (χ4v) is 11.7. The van der Waals surface area contributed by atoms with Crippen LogP contribution in [0.1, 0.15) is 113 Å². The second-order valence-electron chi connectivity index (χ2n) is 14.9. The molecule has 0 bridgehead atoms. The fourth-order valence-electron chi connectivity index (χ4n) is 11.7. The van der Waals surface area contributed by atoms with E-state index in [0.717, 1.165) is 38.5 Å². The van der Waals surface area contributed by atoms with Crippen LogP contribution in [0.5, 0.6) is 0 Å². The van der Waals surface area contributed by atoms with Gasteiger partial charge in [-0.15, -0.1) is 0 Å². The second kappa shape index (κ2) is 7.23. The molecule has 0 saturated heterocycles. The quantitative estimate of drug-likeness (QED) is 0.438. The van der Waals surface area contributed by atoms with Crippen molar-refractivity contribution < 1.29 is 15.0 Å². The molecule has 5 aliphatic rings. The van der Waals surface area contributed by atoms with E-state index in [0.29, 0.717) is 35.5 Å². The molecule has 0 heterocycles. The van der Waals surface area contributed by atoms with Crippen LogP contribution in [0.3, 0.4) is 0 Å². The van der Waals surface area contributed by atoms with Crippen LogP contribution in [0.4, 0.5) is 0 Å². The van der Waals surface area contributed by atoms with Crippen molar-refractivity contribution >= 4 is 5.97 Å². The summed E-state index contributed by atoms with van der Waals surface area (Å²) in [6.07, 6.45) is 10.8. The lowest BCUT2D eigenvalue weighted by atomic mass is 9.31. The summed E-state index contributed by atoms with van der Waals surface area (Å²) in [5.74, 6) is 2.75. The summed E-state index contributed by atoms with van der Waals surface area (Å²) < 4.78 is 0. The van der Waals surface area contributed by atoms with E-state index < -0.39 is 11.4 Å². The lowest BCUT2D eigenvalue weighted by Gasteiger charge is -2.73. The third-order valence-electron chi connectivity index (χ3n) is 14.0. The number of carbonyl (C=O) groups is 1. The maximum atomic E-state index is 12.8. The molecule has 0 aliphatic heterocycles. The van der Waals surface area contributed by atoms with Gasteiger partial charge in [-0.3, -0.25) is 4.79 Å². The molecule has 0 radical (unpaired) electrons. The molecular weight excluding hydrogens is 408 g/mol. The summed E-state index contributed by atoms with van der Waals surface area (Å²) in [6.45, 7) is 17.2. The third-order valence-corrected chi connectivity index (χ3v) is 14.0. The van der Waals surface area contributed by atoms with E-state index >= 15 is 0 Å². The first-order chi connectivity index (χ1) is 15.3. The van der Waals surface area contributed by atoms with E-state index in [2.05, 4.69) is 48.5 Å². The Morgan fingerprint density at radius 1 is 0.758 bits per heavy atom. The highest BCUT2D eigenvalue weighted by molar-refractivity contribution is 5.75. The zero-order valence-corrected chi connectivity index (χ0v) is 22.4. The van der Waals surface area contributed by atoms with Crippen molar-refractivity contribution in [3.8, 4) is 0 Å². The van der Waals surface area contributed by atoms with Gasteiger partial charge in [0, 0.05) is 0 Å². The predicted octanol–water partition coefficient (Wildman–Crippen LogP) is 7.17. The molecule has 188 valence electrons. The van der Waals surface area contributed by atoms with Crippen molar-refractivity contribution in [1.29, 1.82) is 0 Å². The number of aliphatic carboxylic acids is 1. The van der Waals surface area contributed by atoms with Gasteiger partial charge in [-0.05, 0) is 121 Å². The fraction of sp³-hybridized carbons (Fsp3) is 0.967. The number of hydrogen-bond donors (Lipinski definition) is 2. The van der Waals surface area contributed by atoms with Crippen LogP contribution < -0.4 is 0 Å². The first-order valence-corrected chi connectivity index (χ1v) is 14.2. The summed E-state index contributed by atoms with van der Waals surface area (Å²) in [6, 6.07) is 0. The first kappa shape index (κ1) is 24.1. The first-order valence-electron chi connectivity index (χ1n) is 14.2. The van der Waals surface area contributed by atoms with E-state index in [1.165, 1.54) is 25.7 Å². The normalized spacial score (nSPS) is 57.8. The minimum absolute atomic E-state index is 0.00950. The minimum atomic E-state index is -0.501. The van der Waals surface area contributed by atoms with Crippen LogP contribution in [0, 0.1) is 62.6 Å². The van der Waals surface area contributed by atoms with E-state index in [1.807, 2.05) is 0 Å². The molecule has 2 N–H and O–H groups in total. The Bertz CT molecular complexity index is 819. The van der Waals surface area contributed by atoms with E-state index in [4.69, 9.17) is 0 Å². The van der Waals surface area contributed by atoms with Gasteiger partial charge >= 0.3 is 5.97 Å². The maximum Gasteiger partial charge on any atom is 0.309 e. The van der Waals surface area contributed by atoms with Crippen LogP contribution in [-0.4, -0.2) is 22.3 Å². The average Bonchev–Trinajstić information content (AvgIpc) is 2.74. The topological polar surface area (TPSA) is 57.5 Å². The molecule has 0 spiro atoms. The molecular formula is C30H50O3. The van der Waals surface area contributed by atoms with Gasteiger partial charge in [0.15, 0.2) is 0 Å². The highest BCUT2D eigenvalue weighted by atomic mass is 16.4. The minimum Gasteiger partial charge on any atom is -0.481 e. The van der Waals surface area contributed by atoms with Crippen LogP contribution >= 0.6 is 0 Å². The van der Waals surface area contributed by atoms with E-state index in [-0.39, 0.29) is 27.8 Å². The van der Waals surface area contributed by atoms with Gasteiger partial charge in [0.05, 0.1) is 11.5 Å². The van der Waals surface area contributed by atoms with Gasteiger partial charge in [0.25, 0.3) is 0 Å². The molecule has 11 atom stereocenters. The number of fused-ring (bicyclic) bond motifs is 7. The standard InChI is InChI=1S/C30H50O3/c1-18-10-15-30(25(32)33)17-16-28(6)20(24(30)19(18)2)8-9-22-27(5)13-12-23(31)26(3,4)21(27)11-14-29(22,28)7/h18-24,31H,8-17H2,1-7H3,(H,32,33)/t18-,19+,20?,21?,22-,23+,24+,27+,28-,29-,30+/m1/s1. The van der Waals surface area contributed by atoms with Crippen LogP contribution in [0.25, 0.3) is 0 Å². The molecule has 3 nitrogen and oxygen atoms in total. The second-order valence-corrected chi connectivity index (χ2v) is 14.9. The van der Waals surface area contributed by atoms with E-state index in [9.17, 15) is 15.0 Å². The SMILES string of the molecule is C[C@H]1[C@H](C)CC[C@]2(C(=O)O)CC[C@]3(C)C(CC[C@@H]4[C@@]5(C)CC[C@H](O)C(C)(C)C5CC[C@]43C)[C@H]12. The third kappa shape index (κ3) is 2.81. The summed E-state index contributed by atoms with van der Waals surface area (Å²) in [5.41, 5.74) is 0.280. The highest BCUT2D eigenvalue weighted by Gasteiger charge is 2.71. The molecule has 0 aromatic rings. The van der Waals surface area contributed by atoms with Crippen molar-refractivity contribution in [2.45, 2.75) is 119 Å². The van der Waals surface area contributed by atoms with Crippen molar-refractivity contribution in [2.24, 2.45) is 62.6 Å². The number of aliphatic hydroxyl groups excluding tert-OH is 1. The van der Waals surface area contributed by atoms with Gasteiger partial charge in [-0.25, -0.2) is 0 Å². The Hall–Kier alpha value is -0.570. The zero-order valence-electron chi connectivity index (χ0n) is 22.4. The molecule has 33 heavy (non-hydrogen) atoms. The van der Waals surface area contributed by atoms with Crippen molar-refractivity contribution in [2.75, 3.05) is 0 Å². The molecule has 5 saturated carbocycles. The average molecular weight is 459 g/mol. The Labute approximate surface area is 202 Å². The number of carboxylic acid groups (broad SMARTS) is 1. The van der Waals surface area contributed by atoms with Crippen LogP contribution in [0.2, 0.25) is 0 Å². The van der Waals surface area contributed by atoms with Gasteiger partial charge in [0.1, 0.15) is 0 Å². The summed E-state index contributed by atoms with van der Waals surface area (Å²) >= 11 is 0.